The molecule has 0 saturated carbocycles. The zero-order valence-corrected chi connectivity index (χ0v) is 12.8. The van der Waals surface area contributed by atoms with Gasteiger partial charge < -0.3 is 10.1 Å². The molecule has 0 aliphatic heterocycles. The van der Waals surface area contributed by atoms with E-state index in [1.54, 1.807) is 12.1 Å². The van der Waals surface area contributed by atoms with E-state index < -0.39 is 11.0 Å². The Balaban J connectivity index is 1.97. The Morgan fingerprint density at radius 3 is 2.61 bits per heavy atom. The zero-order chi connectivity index (χ0) is 16.7. The van der Waals surface area contributed by atoms with Gasteiger partial charge in [0.05, 0.1) is 11.0 Å². The molecule has 6 heteroatoms. The molecule has 2 aromatic carbocycles. The van der Waals surface area contributed by atoms with Gasteiger partial charge in [-0.25, -0.2) is 4.79 Å². The largest absolute Gasteiger partial charge is 0.445 e. The monoisotopic (exact) mass is 314 g/mol. The van der Waals surface area contributed by atoms with Crippen molar-refractivity contribution in [3.63, 3.8) is 0 Å². The lowest BCUT2D eigenvalue weighted by atomic mass is 10.0. The highest BCUT2D eigenvalue weighted by atomic mass is 16.6. The normalized spacial score (nSPS) is 11.5. The molecule has 2 rings (SSSR count). The van der Waals surface area contributed by atoms with Crippen LogP contribution < -0.4 is 5.32 Å². The van der Waals surface area contributed by atoms with E-state index in [0.717, 1.165) is 5.56 Å². The molecule has 0 heterocycles. The number of benzene rings is 2. The third kappa shape index (κ3) is 4.81. The molecule has 6 nitrogen and oxygen atoms in total. The maximum Gasteiger partial charge on any atom is 0.407 e. The van der Waals surface area contributed by atoms with Crippen LogP contribution in [0.15, 0.2) is 54.6 Å². The van der Waals surface area contributed by atoms with Crippen molar-refractivity contribution in [1.82, 2.24) is 5.32 Å². The van der Waals surface area contributed by atoms with Gasteiger partial charge in [-0.2, -0.15) is 0 Å². The van der Waals surface area contributed by atoms with E-state index >= 15 is 0 Å². The van der Waals surface area contributed by atoms with E-state index in [9.17, 15) is 14.9 Å². The third-order valence-electron chi connectivity index (χ3n) is 3.40. The van der Waals surface area contributed by atoms with Crippen molar-refractivity contribution in [2.24, 2.45) is 0 Å². The number of nitro benzene ring substituents is 1. The van der Waals surface area contributed by atoms with Crippen molar-refractivity contribution in [3.05, 3.63) is 75.8 Å². The summed E-state index contributed by atoms with van der Waals surface area (Å²) in [6.45, 7) is 2.07. The van der Waals surface area contributed by atoms with Crippen LogP contribution in [0.1, 0.15) is 30.5 Å². The molecule has 1 amide bonds. The van der Waals surface area contributed by atoms with Crippen molar-refractivity contribution in [2.75, 3.05) is 0 Å². The average Bonchev–Trinajstić information content (AvgIpc) is 2.59. The zero-order valence-electron chi connectivity index (χ0n) is 12.8. The van der Waals surface area contributed by atoms with Gasteiger partial charge in [-0.3, -0.25) is 10.1 Å². The molecule has 0 saturated heterocycles. The van der Waals surface area contributed by atoms with Crippen LogP contribution in [0, 0.1) is 10.1 Å². The fraction of sp³-hybridized carbons (Fsp3) is 0.235. The average molecular weight is 314 g/mol. The number of ether oxygens (including phenoxy) is 1. The predicted molar refractivity (Wildman–Crippen MR) is 85.9 cm³/mol. The second-order valence-electron chi connectivity index (χ2n) is 5.02. The number of hydrogen-bond donors (Lipinski definition) is 1. The van der Waals surface area contributed by atoms with Crippen LogP contribution in [0.25, 0.3) is 0 Å². The maximum absolute atomic E-state index is 11.9. The number of alkyl carbamates (subject to hydrolysis) is 1. The summed E-state index contributed by atoms with van der Waals surface area (Å²) in [4.78, 5) is 22.3. The smallest absolute Gasteiger partial charge is 0.407 e. The molecule has 0 spiro atoms. The third-order valence-corrected chi connectivity index (χ3v) is 3.40. The fourth-order valence-electron chi connectivity index (χ4n) is 2.18. The van der Waals surface area contributed by atoms with Gasteiger partial charge >= 0.3 is 6.09 Å². The molecule has 0 fully saturated rings. The van der Waals surface area contributed by atoms with Crippen molar-refractivity contribution < 1.29 is 14.5 Å². The number of carbonyl (C=O) groups is 1. The second kappa shape index (κ2) is 7.93. The number of nitro groups is 1. The first-order chi connectivity index (χ1) is 11.1. The molecule has 0 bridgehead atoms. The van der Waals surface area contributed by atoms with Gasteiger partial charge in [-0.15, -0.1) is 0 Å². The molecule has 1 N–H and O–H groups in total. The minimum atomic E-state index is -0.549. The second-order valence-corrected chi connectivity index (χ2v) is 5.02. The lowest BCUT2D eigenvalue weighted by Crippen LogP contribution is -2.28. The first-order valence-electron chi connectivity index (χ1n) is 7.31. The molecule has 0 aliphatic rings. The summed E-state index contributed by atoms with van der Waals surface area (Å²) in [7, 11) is 0. The number of nitrogens with zero attached hydrogens (tertiary/aromatic N) is 1. The van der Waals surface area contributed by atoms with Crippen molar-refractivity contribution in [1.29, 1.82) is 0 Å². The van der Waals surface area contributed by atoms with Gasteiger partial charge in [0, 0.05) is 12.1 Å². The summed E-state index contributed by atoms with van der Waals surface area (Å²) in [6, 6.07) is 15.3. The highest BCUT2D eigenvalue weighted by molar-refractivity contribution is 5.68. The SMILES string of the molecule is CC[C@@H](NC(=O)OCc1ccccc1)c1cccc([N+](=O)[O-])c1. The van der Waals surface area contributed by atoms with Crippen LogP contribution in [-0.2, 0) is 11.3 Å². The van der Waals surface area contributed by atoms with Gasteiger partial charge in [0.1, 0.15) is 6.61 Å². The standard InChI is InChI=1S/C17H18N2O4/c1-2-16(14-9-6-10-15(11-14)19(21)22)18-17(20)23-12-13-7-4-3-5-8-13/h3-11,16H,2,12H2,1H3,(H,18,20)/t16-/m1/s1. The quantitative estimate of drug-likeness (QED) is 0.646. The number of non-ortho nitro benzene ring substituents is 1. The van der Waals surface area contributed by atoms with Crippen LogP contribution >= 0.6 is 0 Å². The summed E-state index contributed by atoms with van der Waals surface area (Å²) in [5.74, 6) is 0. The van der Waals surface area contributed by atoms with Gasteiger partial charge in [0.2, 0.25) is 0 Å². The van der Waals surface area contributed by atoms with Gasteiger partial charge in [-0.1, -0.05) is 49.4 Å². The Bertz CT molecular complexity index is 673. The Morgan fingerprint density at radius 2 is 1.96 bits per heavy atom. The number of nitrogens with one attached hydrogen (secondary N) is 1. The number of carbonyl (C=O) groups excluding carboxylic acids is 1. The summed E-state index contributed by atoms with van der Waals surface area (Å²) in [5.41, 5.74) is 1.57. The summed E-state index contributed by atoms with van der Waals surface area (Å²) in [5, 5.41) is 13.6. The molecule has 2 aromatic rings. The van der Waals surface area contributed by atoms with Gasteiger partial charge in [-0.05, 0) is 17.5 Å². The van der Waals surface area contributed by atoms with E-state index in [4.69, 9.17) is 4.74 Å². The molecule has 0 aromatic heterocycles. The van der Waals surface area contributed by atoms with Crippen LogP contribution in [0.3, 0.4) is 0 Å². The lowest BCUT2D eigenvalue weighted by Gasteiger charge is -2.17. The summed E-state index contributed by atoms with van der Waals surface area (Å²) in [6.07, 6.45) is 0.0499. The van der Waals surface area contributed by atoms with Crippen LogP contribution in [0.2, 0.25) is 0 Å². The molecule has 0 unspecified atom stereocenters. The van der Waals surface area contributed by atoms with E-state index in [0.29, 0.717) is 12.0 Å². The predicted octanol–water partition coefficient (Wildman–Crippen LogP) is 3.97. The minimum absolute atomic E-state index is 0.000373. The Hall–Kier alpha value is -2.89. The molecule has 0 radical (unpaired) electrons. The first kappa shape index (κ1) is 16.5. The van der Waals surface area contributed by atoms with E-state index in [2.05, 4.69) is 5.32 Å². The number of hydrogen-bond acceptors (Lipinski definition) is 4. The van der Waals surface area contributed by atoms with Crippen LogP contribution in [-0.4, -0.2) is 11.0 Å². The van der Waals surface area contributed by atoms with Crippen molar-refractivity contribution >= 4 is 11.8 Å². The first-order valence-corrected chi connectivity index (χ1v) is 7.31. The molecular formula is C17H18N2O4. The highest BCUT2D eigenvalue weighted by Crippen LogP contribution is 2.21. The van der Waals surface area contributed by atoms with E-state index in [-0.39, 0.29) is 18.3 Å². The Morgan fingerprint density at radius 1 is 1.22 bits per heavy atom. The van der Waals surface area contributed by atoms with Gasteiger partial charge in [0.25, 0.3) is 5.69 Å². The van der Waals surface area contributed by atoms with Crippen LogP contribution in [0.4, 0.5) is 10.5 Å². The van der Waals surface area contributed by atoms with Crippen molar-refractivity contribution in [2.45, 2.75) is 26.0 Å². The van der Waals surface area contributed by atoms with E-state index in [1.807, 2.05) is 37.3 Å². The fourth-order valence-corrected chi connectivity index (χ4v) is 2.18. The van der Waals surface area contributed by atoms with Gasteiger partial charge in [0.15, 0.2) is 0 Å². The number of rotatable bonds is 6. The topological polar surface area (TPSA) is 81.5 Å². The van der Waals surface area contributed by atoms with Crippen molar-refractivity contribution in [3.8, 4) is 0 Å². The number of amides is 1. The summed E-state index contributed by atoms with van der Waals surface area (Å²) < 4.78 is 5.18. The van der Waals surface area contributed by atoms with Crippen LogP contribution in [0.5, 0.6) is 0 Å². The molecule has 1 atom stereocenters. The maximum atomic E-state index is 11.9. The lowest BCUT2D eigenvalue weighted by molar-refractivity contribution is -0.384. The summed E-state index contributed by atoms with van der Waals surface area (Å²) >= 11 is 0. The molecule has 0 aliphatic carbocycles. The Kier molecular flexibility index (Phi) is 5.68. The highest BCUT2D eigenvalue weighted by Gasteiger charge is 2.16. The Labute approximate surface area is 134 Å². The minimum Gasteiger partial charge on any atom is -0.445 e. The molecule has 120 valence electrons. The molecular weight excluding hydrogens is 296 g/mol. The van der Waals surface area contributed by atoms with E-state index in [1.165, 1.54) is 12.1 Å². The molecule has 23 heavy (non-hydrogen) atoms.